The zero-order valence-corrected chi connectivity index (χ0v) is 14.2. The number of thioether (sulfide) groups is 2. The summed E-state index contributed by atoms with van der Waals surface area (Å²) in [5, 5.41) is 10.1. The standard InChI is InChI=1S/C11H16O5S4/c1-14-2-3-15-6-16-8-5-18-10-9(17-4-7(8)12)19-11(13)20-10/h7-8,12H,2-6H2,1H3/t7-,8-/m0/s1. The van der Waals surface area contributed by atoms with Crippen molar-refractivity contribution in [3.8, 4) is 0 Å². The number of rotatable bonds is 6. The number of fused-ring (bicyclic) bond motifs is 1. The van der Waals surface area contributed by atoms with E-state index < -0.39 is 6.10 Å². The van der Waals surface area contributed by atoms with Gasteiger partial charge in [-0.1, -0.05) is 22.7 Å². The predicted molar refractivity (Wildman–Crippen MR) is 83.5 cm³/mol. The van der Waals surface area contributed by atoms with E-state index in [4.69, 9.17) is 14.2 Å². The Bertz CT molecular complexity index is 460. The normalized spacial score (nSPS) is 23.1. The maximum absolute atomic E-state index is 11.4. The largest absolute Gasteiger partial charge is 0.390 e. The van der Waals surface area contributed by atoms with Crippen LogP contribution in [0.25, 0.3) is 0 Å². The summed E-state index contributed by atoms with van der Waals surface area (Å²) in [7, 11) is 1.61. The quantitative estimate of drug-likeness (QED) is 0.615. The molecule has 1 aromatic rings. The van der Waals surface area contributed by atoms with Crippen LogP contribution >= 0.6 is 46.2 Å². The van der Waals surface area contributed by atoms with Crippen LogP contribution in [0.3, 0.4) is 0 Å². The molecule has 1 N–H and O–H groups in total. The van der Waals surface area contributed by atoms with E-state index in [-0.39, 0.29) is 17.0 Å². The molecule has 5 nitrogen and oxygen atoms in total. The molecule has 0 radical (unpaired) electrons. The highest BCUT2D eigenvalue weighted by molar-refractivity contribution is 8.05. The summed E-state index contributed by atoms with van der Waals surface area (Å²) in [6, 6.07) is 0. The Morgan fingerprint density at radius 3 is 2.60 bits per heavy atom. The summed E-state index contributed by atoms with van der Waals surface area (Å²) in [5.74, 6) is 1.15. The highest BCUT2D eigenvalue weighted by Gasteiger charge is 2.25. The van der Waals surface area contributed by atoms with Gasteiger partial charge in [-0.25, -0.2) is 0 Å². The molecule has 0 unspecified atom stereocenters. The van der Waals surface area contributed by atoms with Crippen LogP contribution < -0.4 is 4.06 Å². The second kappa shape index (κ2) is 8.74. The van der Waals surface area contributed by atoms with Gasteiger partial charge in [0.2, 0.25) is 0 Å². The van der Waals surface area contributed by atoms with E-state index in [2.05, 4.69) is 0 Å². The van der Waals surface area contributed by atoms with Gasteiger partial charge in [0.1, 0.15) is 6.79 Å². The average Bonchev–Trinajstić information content (AvgIpc) is 2.77. The first-order valence-electron chi connectivity index (χ1n) is 5.96. The monoisotopic (exact) mass is 356 g/mol. The summed E-state index contributed by atoms with van der Waals surface area (Å²) < 4.78 is 17.8. The van der Waals surface area contributed by atoms with Gasteiger partial charge in [0, 0.05) is 18.6 Å². The lowest BCUT2D eigenvalue weighted by atomic mass is 10.2. The summed E-state index contributed by atoms with van der Waals surface area (Å²) in [6.07, 6.45) is -0.848. The number of aliphatic hydroxyl groups excluding tert-OH is 1. The summed E-state index contributed by atoms with van der Waals surface area (Å²) >= 11 is 5.62. The molecule has 2 heterocycles. The van der Waals surface area contributed by atoms with E-state index in [1.807, 2.05) is 0 Å². The molecule has 1 aromatic heterocycles. The van der Waals surface area contributed by atoms with Crippen LogP contribution in [-0.2, 0) is 14.2 Å². The molecule has 0 saturated heterocycles. The van der Waals surface area contributed by atoms with Crippen LogP contribution in [0.15, 0.2) is 13.2 Å². The van der Waals surface area contributed by atoms with Crippen LogP contribution in [0, 0.1) is 0 Å². The maximum Gasteiger partial charge on any atom is 0.289 e. The Hall–Kier alpha value is 0.390. The molecular weight excluding hydrogens is 340 g/mol. The number of hydrogen-bond donors (Lipinski definition) is 1. The minimum Gasteiger partial charge on any atom is -0.390 e. The topological polar surface area (TPSA) is 65.0 Å². The van der Waals surface area contributed by atoms with Crippen molar-refractivity contribution in [2.45, 2.75) is 20.6 Å². The lowest BCUT2D eigenvalue weighted by Gasteiger charge is -2.24. The second-order valence-electron chi connectivity index (χ2n) is 3.94. The van der Waals surface area contributed by atoms with Gasteiger partial charge in [-0.2, -0.15) is 0 Å². The minimum atomic E-state index is -0.561. The van der Waals surface area contributed by atoms with Gasteiger partial charge >= 0.3 is 0 Å². The van der Waals surface area contributed by atoms with E-state index in [1.54, 1.807) is 18.9 Å². The zero-order chi connectivity index (χ0) is 14.4. The first-order chi connectivity index (χ1) is 9.70. The Labute approximate surface area is 133 Å². The molecule has 20 heavy (non-hydrogen) atoms. The molecule has 0 saturated carbocycles. The van der Waals surface area contributed by atoms with E-state index >= 15 is 0 Å². The van der Waals surface area contributed by atoms with E-state index in [9.17, 15) is 9.90 Å². The maximum atomic E-state index is 11.4. The Balaban J connectivity index is 1.84. The number of aliphatic hydroxyl groups is 1. The Morgan fingerprint density at radius 1 is 1.20 bits per heavy atom. The molecule has 0 amide bonds. The van der Waals surface area contributed by atoms with Crippen molar-refractivity contribution in [2.24, 2.45) is 0 Å². The van der Waals surface area contributed by atoms with Crippen molar-refractivity contribution < 1.29 is 19.3 Å². The minimum absolute atomic E-state index is 0.103. The number of ether oxygens (including phenoxy) is 3. The predicted octanol–water partition coefficient (Wildman–Crippen LogP) is 1.73. The third kappa shape index (κ3) is 4.99. The molecule has 2 atom stereocenters. The van der Waals surface area contributed by atoms with Crippen molar-refractivity contribution in [1.29, 1.82) is 0 Å². The van der Waals surface area contributed by atoms with Gasteiger partial charge in [0.15, 0.2) is 0 Å². The van der Waals surface area contributed by atoms with Crippen molar-refractivity contribution in [1.82, 2.24) is 0 Å². The van der Waals surface area contributed by atoms with Crippen LogP contribution in [-0.4, -0.2) is 55.9 Å². The van der Waals surface area contributed by atoms with Gasteiger partial charge in [-0.05, 0) is 0 Å². The molecule has 0 spiro atoms. The molecule has 114 valence electrons. The smallest absolute Gasteiger partial charge is 0.289 e. The molecule has 9 heteroatoms. The SMILES string of the molecule is COCCOCO[C@H]1CSc2sc(=O)sc2SC[C@@H]1O. The summed E-state index contributed by atoms with van der Waals surface area (Å²) in [5.41, 5.74) is 0. The van der Waals surface area contributed by atoms with Crippen LogP contribution in [0.1, 0.15) is 0 Å². The van der Waals surface area contributed by atoms with Crippen LogP contribution in [0.2, 0.25) is 0 Å². The number of hydrogen-bond acceptors (Lipinski definition) is 9. The third-order valence-electron chi connectivity index (χ3n) is 2.51. The average molecular weight is 357 g/mol. The van der Waals surface area contributed by atoms with E-state index in [0.717, 1.165) is 8.42 Å². The fraction of sp³-hybridized carbons (Fsp3) is 0.727. The van der Waals surface area contributed by atoms with E-state index in [0.29, 0.717) is 24.7 Å². The van der Waals surface area contributed by atoms with Gasteiger partial charge in [-0.3, -0.25) is 4.79 Å². The molecule has 0 fully saturated rings. The molecular formula is C11H16O5S4. The molecule has 0 aliphatic carbocycles. The first-order valence-corrected chi connectivity index (χ1v) is 9.57. The highest BCUT2D eigenvalue weighted by Crippen LogP contribution is 2.39. The second-order valence-corrected chi connectivity index (χ2v) is 8.74. The molecule has 2 rings (SSSR count). The fourth-order valence-corrected chi connectivity index (χ4v) is 6.87. The zero-order valence-electron chi connectivity index (χ0n) is 10.9. The third-order valence-corrected chi connectivity index (χ3v) is 7.78. The lowest BCUT2D eigenvalue weighted by molar-refractivity contribution is -0.117. The molecule has 0 aromatic carbocycles. The van der Waals surface area contributed by atoms with Gasteiger partial charge in [0.25, 0.3) is 4.06 Å². The van der Waals surface area contributed by atoms with Crippen LogP contribution in [0.5, 0.6) is 0 Å². The molecule has 0 bridgehead atoms. The van der Waals surface area contributed by atoms with Crippen molar-refractivity contribution in [2.75, 3.05) is 38.6 Å². The lowest BCUT2D eigenvalue weighted by Crippen LogP contribution is -2.34. The molecule has 1 aliphatic rings. The molecule has 1 aliphatic heterocycles. The van der Waals surface area contributed by atoms with Crippen molar-refractivity contribution in [3.63, 3.8) is 0 Å². The van der Waals surface area contributed by atoms with E-state index in [1.165, 1.54) is 34.4 Å². The van der Waals surface area contributed by atoms with Gasteiger partial charge in [-0.15, -0.1) is 23.5 Å². The van der Waals surface area contributed by atoms with Crippen molar-refractivity contribution >= 4 is 46.2 Å². The van der Waals surface area contributed by atoms with Gasteiger partial charge in [0.05, 0.1) is 33.8 Å². The number of methoxy groups -OCH3 is 1. The summed E-state index contributed by atoms with van der Waals surface area (Å²) in [4.78, 5) is 11.4. The van der Waals surface area contributed by atoms with Crippen LogP contribution in [0.4, 0.5) is 0 Å². The first kappa shape index (κ1) is 16.8. The van der Waals surface area contributed by atoms with Crippen molar-refractivity contribution in [3.05, 3.63) is 8.85 Å². The Kier molecular flexibility index (Phi) is 7.32. The Morgan fingerprint density at radius 2 is 1.90 bits per heavy atom. The fourth-order valence-electron chi connectivity index (χ4n) is 1.47. The highest BCUT2D eigenvalue weighted by atomic mass is 32.2. The summed E-state index contributed by atoms with van der Waals surface area (Å²) in [6.45, 7) is 1.13. The van der Waals surface area contributed by atoms with Gasteiger partial charge < -0.3 is 19.3 Å².